The number of carbonyl (C=O) groups excluding carboxylic acids is 1. The standard InChI is InChI=1S/C14H21N5O2/c1-5-6-10-7-11(17-16-10)12(20)15-9(4)14-19-18-13(21-14)8(2)3/h7-9H,5-6H2,1-4H3,(H,15,20)(H,16,17). The SMILES string of the molecule is CCCc1cc(C(=O)NC(C)c2nnc(C(C)C)o2)n[nH]1. The molecule has 0 spiro atoms. The molecule has 2 aromatic heterocycles. The van der Waals surface area contributed by atoms with E-state index >= 15 is 0 Å². The second kappa shape index (κ2) is 6.51. The molecule has 2 rings (SSSR count). The number of amides is 1. The number of hydrogen-bond acceptors (Lipinski definition) is 5. The Kier molecular flexibility index (Phi) is 4.72. The summed E-state index contributed by atoms with van der Waals surface area (Å²) in [7, 11) is 0. The van der Waals surface area contributed by atoms with E-state index in [1.807, 2.05) is 13.8 Å². The average Bonchev–Trinajstić information content (AvgIpc) is 3.07. The number of carbonyl (C=O) groups is 1. The molecule has 21 heavy (non-hydrogen) atoms. The van der Waals surface area contributed by atoms with Crippen LogP contribution in [0.15, 0.2) is 10.5 Å². The summed E-state index contributed by atoms with van der Waals surface area (Å²) in [6.07, 6.45) is 1.87. The van der Waals surface area contributed by atoms with Crippen LogP contribution in [0.1, 0.15) is 74.0 Å². The highest BCUT2D eigenvalue weighted by molar-refractivity contribution is 5.92. The molecule has 2 aromatic rings. The molecule has 2 heterocycles. The predicted molar refractivity (Wildman–Crippen MR) is 76.9 cm³/mol. The Balaban J connectivity index is 2.00. The largest absolute Gasteiger partial charge is 0.423 e. The Morgan fingerprint density at radius 2 is 2.05 bits per heavy atom. The lowest BCUT2D eigenvalue weighted by atomic mass is 10.2. The fourth-order valence-electron chi connectivity index (χ4n) is 1.86. The molecule has 0 fully saturated rings. The van der Waals surface area contributed by atoms with Gasteiger partial charge in [-0.25, -0.2) is 0 Å². The Hall–Kier alpha value is -2.18. The number of rotatable bonds is 6. The van der Waals surface area contributed by atoms with Crippen LogP contribution in [-0.4, -0.2) is 26.3 Å². The van der Waals surface area contributed by atoms with Gasteiger partial charge in [0.05, 0.1) is 0 Å². The van der Waals surface area contributed by atoms with Gasteiger partial charge in [-0.3, -0.25) is 9.89 Å². The number of nitrogens with zero attached hydrogens (tertiary/aromatic N) is 3. The minimum Gasteiger partial charge on any atom is -0.423 e. The van der Waals surface area contributed by atoms with E-state index in [4.69, 9.17) is 4.42 Å². The number of aryl methyl sites for hydroxylation is 1. The molecule has 7 heteroatoms. The Labute approximate surface area is 123 Å². The number of aromatic amines is 1. The molecule has 0 bridgehead atoms. The molecular formula is C14H21N5O2. The molecule has 1 unspecified atom stereocenters. The van der Waals surface area contributed by atoms with Gasteiger partial charge in [0.1, 0.15) is 11.7 Å². The molecule has 114 valence electrons. The lowest BCUT2D eigenvalue weighted by molar-refractivity contribution is 0.0928. The normalized spacial score (nSPS) is 12.6. The van der Waals surface area contributed by atoms with Crippen molar-refractivity contribution in [2.45, 2.75) is 52.5 Å². The van der Waals surface area contributed by atoms with Crippen molar-refractivity contribution in [3.8, 4) is 0 Å². The van der Waals surface area contributed by atoms with Gasteiger partial charge in [0.25, 0.3) is 5.91 Å². The fraction of sp³-hybridized carbons (Fsp3) is 0.571. The second-order valence-corrected chi connectivity index (χ2v) is 5.36. The maximum absolute atomic E-state index is 12.1. The molecule has 1 atom stereocenters. The average molecular weight is 291 g/mol. The molecule has 1 amide bonds. The fourth-order valence-corrected chi connectivity index (χ4v) is 1.86. The predicted octanol–water partition coefficient (Wildman–Crippen LogP) is 2.36. The lowest BCUT2D eigenvalue weighted by Gasteiger charge is -2.08. The topological polar surface area (TPSA) is 96.7 Å². The minimum absolute atomic E-state index is 0.164. The highest BCUT2D eigenvalue weighted by Crippen LogP contribution is 2.17. The smallest absolute Gasteiger partial charge is 0.272 e. The van der Waals surface area contributed by atoms with Crippen molar-refractivity contribution in [2.24, 2.45) is 0 Å². The van der Waals surface area contributed by atoms with Gasteiger partial charge in [0.15, 0.2) is 0 Å². The monoisotopic (exact) mass is 291 g/mol. The third-order valence-electron chi connectivity index (χ3n) is 3.05. The molecule has 7 nitrogen and oxygen atoms in total. The zero-order valence-corrected chi connectivity index (χ0v) is 12.8. The molecule has 0 aliphatic rings. The number of nitrogens with one attached hydrogen (secondary N) is 2. The van der Waals surface area contributed by atoms with Crippen LogP contribution in [0.2, 0.25) is 0 Å². The van der Waals surface area contributed by atoms with Crippen LogP contribution < -0.4 is 5.32 Å². The van der Waals surface area contributed by atoms with Crippen molar-refractivity contribution in [3.05, 3.63) is 29.2 Å². The Morgan fingerprint density at radius 3 is 2.67 bits per heavy atom. The summed E-state index contributed by atoms with van der Waals surface area (Å²) < 4.78 is 5.52. The minimum atomic E-state index is -0.358. The molecule has 0 aliphatic heterocycles. The summed E-state index contributed by atoms with van der Waals surface area (Å²) in [6.45, 7) is 7.82. The maximum Gasteiger partial charge on any atom is 0.272 e. The van der Waals surface area contributed by atoms with Gasteiger partial charge in [-0.2, -0.15) is 5.10 Å². The molecule has 0 aliphatic carbocycles. The number of hydrogen-bond donors (Lipinski definition) is 2. The van der Waals surface area contributed by atoms with Gasteiger partial charge in [-0.05, 0) is 19.4 Å². The first-order chi connectivity index (χ1) is 10.0. The number of aromatic nitrogens is 4. The molecule has 0 radical (unpaired) electrons. The van der Waals surface area contributed by atoms with E-state index in [1.54, 1.807) is 13.0 Å². The van der Waals surface area contributed by atoms with Crippen molar-refractivity contribution in [1.29, 1.82) is 0 Å². The first kappa shape index (κ1) is 15.2. The van der Waals surface area contributed by atoms with Gasteiger partial charge < -0.3 is 9.73 Å². The van der Waals surface area contributed by atoms with E-state index < -0.39 is 0 Å². The lowest BCUT2D eigenvalue weighted by Crippen LogP contribution is -2.27. The summed E-state index contributed by atoms with van der Waals surface area (Å²) in [5.74, 6) is 0.870. The second-order valence-electron chi connectivity index (χ2n) is 5.36. The first-order valence-corrected chi connectivity index (χ1v) is 7.19. The van der Waals surface area contributed by atoms with E-state index in [0.29, 0.717) is 17.5 Å². The van der Waals surface area contributed by atoms with Gasteiger partial charge in [-0.1, -0.05) is 27.2 Å². The van der Waals surface area contributed by atoms with Crippen LogP contribution >= 0.6 is 0 Å². The molecular weight excluding hydrogens is 270 g/mol. The highest BCUT2D eigenvalue weighted by Gasteiger charge is 2.19. The highest BCUT2D eigenvalue weighted by atomic mass is 16.4. The van der Waals surface area contributed by atoms with Crippen molar-refractivity contribution in [2.75, 3.05) is 0 Å². The van der Waals surface area contributed by atoms with Crippen LogP contribution in [0.25, 0.3) is 0 Å². The molecule has 0 saturated heterocycles. The third kappa shape index (κ3) is 3.68. The summed E-state index contributed by atoms with van der Waals surface area (Å²) in [6, 6.07) is 1.41. The van der Waals surface area contributed by atoms with Gasteiger partial charge in [0, 0.05) is 11.6 Å². The number of H-pyrrole nitrogens is 1. The van der Waals surface area contributed by atoms with Crippen LogP contribution in [0, 0.1) is 0 Å². The van der Waals surface area contributed by atoms with Crippen LogP contribution in [0.3, 0.4) is 0 Å². The zero-order valence-electron chi connectivity index (χ0n) is 12.8. The summed E-state index contributed by atoms with van der Waals surface area (Å²) in [5.41, 5.74) is 1.32. The third-order valence-corrected chi connectivity index (χ3v) is 3.05. The van der Waals surface area contributed by atoms with Crippen LogP contribution in [-0.2, 0) is 6.42 Å². The molecule has 0 aromatic carbocycles. The van der Waals surface area contributed by atoms with Crippen molar-refractivity contribution in [3.63, 3.8) is 0 Å². The first-order valence-electron chi connectivity index (χ1n) is 7.19. The van der Waals surface area contributed by atoms with Crippen LogP contribution in [0.5, 0.6) is 0 Å². The Bertz CT molecular complexity index is 602. The van der Waals surface area contributed by atoms with Gasteiger partial charge in [-0.15, -0.1) is 10.2 Å². The molecule has 2 N–H and O–H groups in total. The van der Waals surface area contributed by atoms with E-state index in [2.05, 4.69) is 32.6 Å². The molecule has 0 saturated carbocycles. The van der Waals surface area contributed by atoms with E-state index in [1.165, 1.54) is 0 Å². The Morgan fingerprint density at radius 1 is 1.33 bits per heavy atom. The van der Waals surface area contributed by atoms with E-state index in [9.17, 15) is 4.79 Å². The van der Waals surface area contributed by atoms with E-state index in [-0.39, 0.29) is 17.9 Å². The zero-order chi connectivity index (χ0) is 15.4. The maximum atomic E-state index is 12.1. The summed E-state index contributed by atoms with van der Waals surface area (Å²) >= 11 is 0. The van der Waals surface area contributed by atoms with Crippen LogP contribution in [0.4, 0.5) is 0 Å². The van der Waals surface area contributed by atoms with E-state index in [0.717, 1.165) is 18.5 Å². The van der Waals surface area contributed by atoms with Crippen molar-refractivity contribution < 1.29 is 9.21 Å². The summed E-state index contributed by atoms with van der Waals surface area (Å²) in [5, 5.41) is 17.6. The quantitative estimate of drug-likeness (QED) is 0.851. The van der Waals surface area contributed by atoms with Crippen molar-refractivity contribution in [1.82, 2.24) is 25.7 Å². The van der Waals surface area contributed by atoms with Crippen molar-refractivity contribution >= 4 is 5.91 Å². The van der Waals surface area contributed by atoms with Gasteiger partial charge in [0.2, 0.25) is 11.8 Å². The summed E-state index contributed by atoms with van der Waals surface area (Å²) in [4.78, 5) is 12.1. The van der Waals surface area contributed by atoms with Gasteiger partial charge >= 0.3 is 0 Å².